The fraction of sp³-hybridized carbons (Fsp3) is 0.429. The molecular weight excluding hydrogens is 483 g/mol. The Morgan fingerprint density at radius 2 is 1.65 bits per heavy atom. The van der Waals surface area contributed by atoms with Crippen molar-refractivity contribution < 1.29 is 27.5 Å². The molecule has 2 aliphatic rings. The van der Waals surface area contributed by atoms with Crippen LogP contribution in [0.25, 0.3) is 11.1 Å². The highest BCUT2D eigenvalue weighted by Crippen LogP contribution is 2.32. The number of rotatable bonds is 9. The van der Waals surface area contributed by atoms with Crippen LogP contribution in [0.3, 0.4) is 0 Å². The lowest BCUT2D eigenvalue weighted by molar-refractivity contribution is -0.137. The molecule has 198 valence electrons. The minimum absolute atomic E-state index is 0.163. The molecule has 9 heteroatoms. The molecule has 6 nitrogen and oxygen atoms in total. The van der Waals surface area contributed by atoms with Gasteiger partial charge in [-0.1, -0.05) is 50.2 Å². The van der Waals surface area contributed by atoms with Crippen molar-refractivity contribution in [1.82, 2.24) is 14.7 Å². The number of benzene rings is 2. The number of ether oxygens (including phenoxy) is 1. The Kier molecular flexibility index (Phi) is 8.22. The van der Waals surface area contributed by atoms with Gasteiger partial charge in [-0.3, -0.25) is 9.69 Å². The van der Waals surface area contributed by atoms with Crippen LogP contribution >= 0.6 is 0 Å². The molecule has 2 aromatic rings. The molecule has 0 unspecified atom stereocenters. The molecule has 2 aliphatic heterocycles. The number of hydrogen-bond donors (Lipinski definition) is 0. The summed E-state index contributed by atoms with van der Waals surface area (Å²) in [6, 6.07) is 12.4. The highest BCUT2D eigenvalue weighted by atomic mass is 19.4. The van der Waals surface area contributed by atoms with Gasteiger partial charge in [-0.05, 0) is 54.8 Å². The minimum Gasteiger partial charge on any atom is -0.412 e. The molecule has 0 N–H and O–H groups in total. The third kappa shape index (κ3) is 6.33. The van der Waals surface area contributed by atoms with Crippen molar-refractivity contribution in [2.75, 3.05) is 32.7 Å². The quantitative estimate of drug-likeness (QED) is 0.412. The van der Waals surface area contributed by atoms with Crippen LogP contribution in [0.1, 0.15) is 37.8 Å². The van der Waals surface area contributed by atoms with E-state index in [2.05, 4.69) is 18.7 Å². The van der Waals surface area contributed by atoms with Crippen molar-refractivity contribution in [2.45, 2.75) is 45.5 Å². The zero-order chi connectivity index (χ0) is 26.6. The molecular formula is C28H32F3N3O3. The standard InChI is InChI=1S/C28H32F3N3O3/c1-3-32(4-2)16-17-33(26(35)18-25-24-6-5-15-34(24)27(36)37-25)19-20-7-9-21(10-8-20)22-11-13-23(14-12-22)28(29,30)31/h7-14,18,24H,3-6,15-17,19H2,1-2H3/b25-18+/t24-/m0/s1. The van der Waals surface area contributed by atoms with E-state index in [0.717, 1.165) is 49.2 Å². The van der Waals surface area contributed by atoms with Gasteiger partial charge in [0.15, 0.2) is 0 Å². The summed E-state index contributed by atoms with van der Waals surface area (Å²) in [4.78, 5) is 31.0. The Morgan fingerprint density at radius 1 is 1.03 bits per heavy atom. The Bertz CT molecular complexity index is 1130. The molecule has 2 fully saturated rings. The van der Waals surface area contributed by atoms with E-state index >= 15 is 0 Å². The normalized spacial score (nSPS) is 18.4. The predicted molar refractivity (Wildman–Crippen MR) is 134 cm³/mol. The first kappa shape index (κ1) is 26.7. The summed E-state index contributed by atoms with van der Waals surface area (Å²) in [6.45, 7) is 8.11. The lowest BCUT2D eigenvalue weighted by atomic mass is 10.0. The number of cyclic esters (lactones) is 1. The van der Waals surface area contributed by atoms with E-state index in [1.165, 1.54) is 18.2 Å². The molecule has 0 bridgehead atoms. The molecule has 0 aliphatic carbocycles. The number of fused-ring (bicyclic) bond motifs is 1. The number of nitrogens with zero attached hydrogens (tertiary/aromatic N) is 3. The largest absolute Gasteiger partial charge is 0.416 e. The summed E-state index contributed by atoms with van der Waals surface area (Å²) in [6.07, 6.45) is -1.63. The summed E-state index contributed by atoms with van der Waals surface area (Å²) < 4.78 is 44.0. The van der Waals surface area contributed by atoms with Gasteiger partial charge in [0, 0.05) is 32.3 Å². The average molecular weight is 516 g/mol. The lowest BCUT2D eigenvalue weighted by Crippen LogP contribution is -2.38. The monoisotopic (exact) mass is 515 g/mol. The predicted octanol–water partition coefficient (Wildman–Crippen LogP) is 5.54. The number of alkyl halides is 3. The topological polar surface area (TPSA) is 53.1 Å². The van der Waals surface area contributed by atoms with Gasteiger partial charge < -0.3 is 14.5 Å². The second kappa shape index (κ2) is 11.4. The number of halogens is 3. The molecule has 0 saturated carbocycles. The number of hydrogen-bond acceptors (Lipinski definition) is 4. The van der Waals surface area contributed by atoms with Crippen LogP contribution < -0.4 is 0 Å². The van der Waals surface area contributed by atoms with E-state index < -0.39 is 17.8 Å². The van der Waals surface area contributed by atoms with Crippen LogP contribution in [0.5, 0.6) is 0 Å². The summed E-state index contributed by atoms with van der Waals surface area (Å²) in [5.74, 6) is 0.202. The number of carbonyl (C=O) groups is 2. The van der Waals surface area contributed by atoms with Gasteiger partial charge in [-0.25, -0.2) is 4.79 Å². The molecule has 37 heavy (non-hydrogen) atoms. The maximum atomic E-state index is 13.3. The van der Waals surface area contributed by atoms with E-state index in [9.17, 15) is 22.8 Å². The lowest BCUT2D eigenvalue weighted by Gasteiger charge is -2.26. The van der Waals surface area contributed by atoms with E-state index in [1.807, 2.05) is 24.3 Å². The SMILES string of the molecule is CCN(CC)CCN(Cc1ccc(-c2ccc(C(F)(F)F)cc2)cc1)C(=O)/C=C1/OC(=O)N2CCC[C@@H]12. The Morgan fingerprint density at radius 3 is 2.24 bits per heavy atom. The van der Waals surface area contributed by atoms with E-state index in [0.29, 0.717) is 37.5 Å². The van der Waals surface area contributed by atoms with Crippen molar-refractivity contribution in [2.24, 2.45) is 0 Å². The fourth-order valence-electron chi connectivity index (χ4n) is 4.79. The molecule has 2 aromatic carbocycles. The first-order valence-electron chi connectivity index (χ1n) is 12.7. The Balaban J connectivity index is 1.49. The molecule has 0 aromatic heterocycles. The van der Waals surface area contributed by atoms with Gasteiger partial charge in [0.25, 0.3) is 0 Å². The van der Waals surface area contributed by atoms with Crippen molar-refractivity contribution >= 4 is 12.0 Å². The zero-order valence-electron chi connectivity index (χ0n) is 21.1. The third-order valence-electron chi connectivity index (χ3n) is 7.05. The second-order valence-electron chi connectivity index (χ2n) is 9.32. The van der Waals surface area contributed by atoms with Crippen LogP contribution in [-0.4, -0.2) is 65.5 Å². The second-order valence-corrected chi connectivity index (χ2v) is 9.32. The zero-order valence-corrected chi connectivity index (χ0v) is 21.1. The summed E-state index contributed by atoms with van der Waals surface area (Å²) in [7, 11) is 0. The van der Waals surface area contributed by atoms with Crippen molar-refractivity contribution in [3.63, 3.8) is 0 Å². The minimum atomic E-state index is -4.37. The van der Waals surface area contributed by atoms with Crippen LogP contribution in [-0.2, 0) is 22.3 Å². The van der Waals surface area contributed by atoms with Crippen LogP contribution in [0.2, 0.25) is 0 Å². The van der Waals surface area contributed by atoms with E-state index in [4.69, 9.17) is 4.74 Å². The number of carbonyl (C=O) groups excluding carboxylic acids is 2. The maximum Gasteiger partial charge on any atom is 0.416 e. The molecule has 2 saturated heterocycles. The highest BCUT2D eigenvalue weighted by Gasteiger charge is 2.41. The molecule has 0 radical (unpaired) electrons. The molecule has 4 rings (SSSR count). The van der Waals surface area contributed by atoms with Gasteiger partial charge in [0.1, 0.15) is 5.76 Å². The average Bonchev–Trinajstić information content (AvgIpc) is 3.48. The van der Waals surface area contributed by atoms with E-state index in [-0.39, 0.29) is 11.9 Å². The van der Waals surface area contributed by atoms with Crippen LogP contribution in [0.4, 0.5) is 18.0 Å². The van der Waals surface area contributed by atoms with Gasteiger partial charge in [0.2, 0.25) is 5.91 Å². The molecule has 2 heterocycles. The third-order valence-corrected chi connectivity index (χ3v) is 7.05. The van der Waals surface area contributed by atoms with Gasteiger partial charge in [0.05, 0.1) is 11.6 Å². The first-order chi connectivity index (χ1) is 17.7. The van der Waals surface area contributed by atoms with Crippen molar-refractivity contribution in [3.05, 3.63) is 71.5 Å². The smallest absolute Gasteiger partial charge is 0.412 e. The fourth-order valence-corrected chi connectivity index (χ4v) is 4.79. The van der Waals surface area contributed by atoms with Gasteiger partial charge in [-0.15, -0.1) is 0 Å². The first-order valence-corrected chi connectivity index (χ1v) is 12.7. The van der Waals surface area contributed by atoms with Crippen molar-refractivity contribution in [1.29, 1.82) is 0 Å². The summed E-state index contributed by atoms with van der Waals surface area (Å²) in [5, 5.41) is 0. The molecule has 2 amide bonds. The van der Waals surface area contributed by atoms with Gasteiger partial charge in [-0.2, -0.15) is 13.2 Å². The maximum absolute atomic E-state index is 13.3. The number of likely N-dealkylation sites (N-methyl/N-ethyl adjacent to an activating group) is 1. The van der Waals surface area contributed by atoms with Crippen LogP contribution in [0, 0.1) is 0 Å². The highest BCUT2D eigenvalue weighted by molar-refractivity contribution is 5.89. The summed E-state index contributed by atoms with van der Waals surface area (Å²) in [5.41, 5.74) is 1.69. The van der Waals surface area contributed by atoms with Gasteiger partial charge >= 0.3 is 12.3 Å². The van der Waals surface area contributed by atoms with E-state index in [1.54, 1.807) is 9.80 Å². The summed E-state index contributed by atoms with van der Waals surface area (Å²) >= 11 is 0. The van der Waals surface area contributed by atoms with Crippen molar-refractivity contribution in [3.8, 4) is 11.1 Å². The Hall–Kier alpha value is -3.33. The Labute approximate surface area is 215 Å². The molecule has 1 atom stereocenters. The molecule has 0 spiro atoms. The van der Waals surface area contributed by atoms with Crippen LogP contribution in [0.15, 0.2) is 60.4 Å². The number of amides is 2.